The molecule has 22 heavy (non-hydrogen) atoms. The molecule has 0 spiro atoms. The number of amides is 1. The molecule has 0 saturated carbocycles. The van der Waals surface area contributed by atoms with Crippen LogP contribution in [0.5, 0.6) is 11.5 Å². The van der Waals surface area contributed by atoms with Crippen molar-refractivity contribution in [3.05, 3.63) is 50.7 Å². The monoisotopic (exact) mass is 427 g/mol. The molecule has 2 aromatic rings. The van der Waals surface area contributed by atoms with Gasteiger partial charge in [-0.25, -0.2) is 5.43 Å². The second-order valence-corrected chi connectivity index (χ2v) is 5.73. The van der Waals surface area contributed by atoms with Crippen molar-refractivity contribution in [3.63, 3.8) is 0 Å². The van der Waals surface area contributed by atoms with Gasteiger partial charge in [0.15, 0.2) is 11.5 Å². The lowest BCUT2D eigenvalue weighted by Gasteiger charge is -2.09. The predicted octanol–water partition coefficient (Wildman–Crippen LogP) is 3.08. The lowest BCUT2D eigenvalue weighted by Crippen LogP contribution is -2.17. The number of ether oxygens (including phenoxy) is 1. The Morgan fingerprint density at radius 3 is 2.91 bits per heavy atom. The summed E-state index contributed by atoms with van der Waals surface area (Å²) in [5, 5.41) is 13.9. The molecule has 0 atom stereocenters. The molecular weight excluding hydrogens is 418 g/mol. The van der Waals surface area contributed by atoms with Crippen molar-refractivity contribution in [2.75, 3.05) is 7.11 Å². The number of halogens is 2. The Kier molecular flexibility index (Phi) is 5.51. The van der Waals surface area contributed by atoms with E-state index in [0.29, 0.717) is 20.1 Å². The summed E-state index contributed by atoms with van der Waals surface area (Å²) in [6.45, 7) is 0. The maximum absolute atomic E-state index is 11.8. The van der Waals surface area contributed by atoms with E-state index in [0.717, 1.165) is 0 Å². The number of methoxy groups -OCH3 is 1. The number of carbonyl (C=O) groups is 1. The third-order valence-corrected chi connectivity index (χ3v) is 4.71. The van der Waals surface area contributed by atoms with Crippen LogP contribution in [0.2, 0.25) is 0 Å². The van der Waals surface area contributed by atoms with E-state index in [1.165, 1.54) is 19.5 Å². The molecule has 114 valence electrons. The number of aromatic hydroxyl groups is 1. The van der Waals surface area contributed by atoms with Crippen LogP contribution in [0, 0.1) is 0 Å². The quantitative estimate of drug-likeness (QED) is 0.578. The molecule has 2 rings (SSSR count). The Bertz CT molecular complexity index is 721. The summed E-state index contributed by atoms with van der Waals surface area (Å²) >= 11 is 6.66. The number of aromatic nitrogens is 1. The van der Waals surface area contributed by atoms with Crippen molar-refractivity contribution in [2.24, 2.45) is 5.10 Å². The molecule has 1 aromatic heterocycles. The van der Waals surface area contributed by atoms with Gasteiger partial charge in [0.2, 0.25) is 0 Å². The first-order valence-corrected chi connectivity index (χ1v) is 7.61. The van der Waals surface area contributed by atoms with Gasteiger partial charge >= 0.3 is 0 Å². The van der Waals surface area contributed by atoms with E-state index < -0.39 is 5.91 Å². The number of rotatable bonds is 4. The predicted molar refractivity (Wildman–Crippen MR) is 89.4 cm³/mol. The zero-order valence-electron chi connectivity index (χ0n) is 11.4. The Balaban J connectivity index is 2.20. The largest absolute Gasteiger partial charge is 0.504 e. The summed E-state index contributed by atoms with van der Waals surface area (Å²) in [4.78, 5) is 15.7. The fraction of sp³-hybridized carbons (Fsp3) is 0.0714. The van der Waals surface area contributed by atoms with Crippen molar-refractivity contribution in [1.82, 2.24) is 10.4 Å². The molecule has 2 N–H and O–H groups in total. The van der Waals surface area contributed by atoms with Crippen LogP contribution in [0.15, 0.2) is 44.6 Å². The minimum absolute atomic E-state index is 0.0862. The maximum atomic E-state index is 11.8. The van der Waals surface area contributed by atoms with Gasteiger partial charge in [-0.2, -0.15) is 5.10 Å². The van der Waals surface area contributed by atoms with Crippen LogP contribution >= 0.6 is 31.9 Å². The molecule has 1 aromatic carbocycles. The second kappa shape index (κ2) is 7.37. The SMILES string of the molecule is COc1cc(Br)c(Br)c(/C=N/NC(=O)c2cccnc2)c1O. The number of nitrogens with one attached hydrogen (secondary N) is 1. The summed E-state index contributed by atoms with van der Waals surface area (Å²) in [5.41, 5.74) is 3.12. The molecule has 0 radical (unpaired) electrons. The van der Waals surface area contributed by atoms with Crippen molar-refractivity contribution in [2.45, 2.75) is 0 Å². The lowest BCUT2D eigenvalue weighted by atomic mass is 10.2. The van der Waals surface area contributed by atoms with Crippen LogP contribution in [0.4, 0.5) is 0 Å². The average Bonchev–Trinajstić information content (AvgIpc) is 2.54. The van der Waals surface area contributed by atoms with E-state index in [9.17, 15) is 9.90 Å². The standard InChI is InChI=1S/C14H11Br2N3O3/c1-22-11-5-10(15)12(16)9(13(11)20)7-18-19-14(21)8-3-2-4-17-6-8/h2-7,20H,1H3,(H,19,21)/b18-7+. The molecule has 8 heteroatoms. The van der Waals surface area contributed by atoms with Gasteiger partial charge in [0.05, 0.1) is 24.5 Å². The molecule has 0 saturated heterocycles. The highest BCUT2D eigenvalue weighted by atomic mass is 79.9. The van der Waals surface area contributed by atoms with Gasteiger partial charge in [-0.1, -0.05) is 0 Å². The third kappa shape index (κ3) is 3.63. The average molecular weight is 429 g/mol. The minimum atomic E-state index is -0.401. The first kappa shape index (κ1) is 16.4. The summed E-state index contributed by atoms with van der Waals surface area (Å²) in [6.07, 6.45) is 4.32. The molecule has 6 nitrogen and oxygen atoms in total. The highest BCUT2D eigenvalue weighted by Crippen LogP contribution is 2.39. The molecule has 1 amide bonds. The van der Waals surface area contributed by atoms with Crippen LogP contribution in [0.25, 0.3) is 0 Å². The summed E-state index contributed by atoms with van der Waals surface area (Å²) < 4.78 is 6.33. The molecular formula is C14H11Br2N3O3. The van der Waals surface area contributed by atoms with Crippen molar-refractivity contribution in [1.29, 1.82) is 0 Å². The normalized spacial score (nSPS) is 10.7. The Morgan fingerprint density at radius 2 is 2.27 bits per heavy atom. The summed E-state index contributed by atoms with van der Waals surface area (Å²) in [7, 11) is 1.44. The van der Waals surface area contributed by atoms with Crippen LogP contribution < -0.4 is 10.2 Å². The zero-order chi connectivity index (χ0) is 16.1. The number of phenols is 1. The van der Waals surface area contributed by atoms with Gasteiger partial charge in [-0.3, -0.25) is 9.78 Å². The highest BCUT2D eigenvalue weighted by Gasteiger charge is 2.14. The van der Waals surface area contributed by atoms with Crippen molar-refractivity contribution >= 4 is 44.0 Å². The zero-order valence-corrected chi connectivity index (χ0v) is 14.6. The number of nitrogens with zero attached hydrogens (tertiary/aromatic N) is 2. The Hall–Kier alpha value is -1.93. The van der Waals surface area contributed by atoms with Crippen LogP contribution in [0.3, 0.4) is 0 Å². The van der Waals surface area contributed by atoms with E-state index >= 15 is 0 Å². The van der Waals surface area contributed by atoms with Crippen molar-refractivity contribution < 1.29 is 14.6 Å². The third-order valence-electron chi connectivity index (χ3n) is 2.70. The first-order valence-electron chi connectivity index (χ1n) is 6.03. The molecule has 0 unspecified atom stereocenters. The van der Waals surface area contributed by atoms with Gasteiger partial charge in [-0.15, -0.1) is 0 Å². The van der Waals surface area contributed by atoms with E-state index in [-0.39, 0.29) is 11.5 Å². The van der Waals surface area contributed by atoms with E-state index in [1.54, 1.807) is 24.4 Å². The number of carbonyl (C=O) groups excluding carboxylic acids is 1. The molecule has 1 heterocycles. The van der Waals surface area contributed by atoms with E-state index in [1.807, 2.05) is 0 Å². The van der Waals surface area contributed by atoms with Crippen LogP contribution in [-0.4, -0.2) is 29.3 Å². The smallest absolute Gasteiger partial charge is 0.272 e. The van der Waals surface area contributed by atoms with Gasteiger partial charge in [0.25, 0.3) is 5.91 Å². The first-order chi connectivity index (χ1) is 10.5. The van der Waals surface area contributed by atoms with Gasteiger partial charge in [0, 0.05) is 21.3 Å². The Labute approximate surface area is 143 Å². The lowest BCUT2D eigenvalue weighted by molar-refractivity contribution is 0.0954. The number of benzene rings is 1. The van der Waals surface area contributed by atoms with E-state index in [2.05, 4.69) is 47.4 Å². The summed E-state index contributed by atoms with van der Waals surface area (Å²) in [5.74, 6) is -0.200. The molecule has 0 aliphatic heterocycles. The Morgan fingerprint density at radius 1 is 1.50 bits per heavy atom. The number of hydrogen-bond donors (Lipinski definition) is 2. The fourth-order valence-electron chi connectivity index (χ4n) is 1.60. The van der Waals surface area contributed by atoms with E-state index in [4.69, 9.17) is 4.74 Å². The highest BCUT2D eigenvalue weighted by molar-refractivity contribution is 9.13. The van der Waals surface area contributed by atoms with Gasteiger partial charge in [0.1, 0.15) is 0 Å². The van der Waals surface area contributed by atoms with Gasteiger partial charge in [-0.05, 0) is 50.1 Å². The van der Waals surface area contributed by atoms with Crippen molar-refractivity contribution in [3.8, 4) is 11.5 Å². The minimum Gasteiger partial charge on any atom is -0.504 e. The number of phenolic OH excluding ortho intramolecular Hbond substituents is 1. The van der Waals surface area contributed by atoms with Crippen LogP contribution in [-0.2, 0) is 0 Å². The van der Waals surface area contributed by atoms with Crippen LogP contribution in [0.1, 0.15) is 15.9 Å². The molecule has 0 aliphatic rings. The number of hydrazone groups is 1. The maximum Gasteiger partial charge on any atom is 0.272 e. The fourth-order valence-corrected chi connectivity index (χ4v) is 2.43. The second-order valence-electron chi connectivity index (χ2n) is 4.08. The molecule has 0 aliphatic carbocycles. The number of hydrogen-bond acceptors (Lipinski definition) is 5. The van der Waals surface area contributed by atoms with Gasteiger partial charge < -0.3 is 9.84 Å². The number of pyridine rings is 1. The summed E-state index contributed by atoms with van der Waals surface area (Å²) in [6, 6.07) is 4.89. The topological polar surface area (TPSA) is 83.8 Å². The molecule has 0 bridgehead atoms. The molecule has 0 fully saturated rings.